The predicted molar refractivity (Wildman–Crippen MR) is 84.0 cm³/mol. The van der Waals surface area contributed by atoms with Crippen molar-refractivity contribution in [2.75, 3.05) is 18.5 Å². The molecule has 0 spiro atoms. The number of rotatable bonds is 4. The average Bonchev–Trinajstić information content (AvgIpc) is 2.87. The highest BCUT2D eigenvalue weighted by atomic mass is 35.5. The fourth-order valence-corrected chi connectivity index (χ4v) is 2.47. The van der Waals surface area contributed by atoms with Crippen LogP contribution >= 0.6 is 23.8 Å². The van der Waals surface area contributed by atoms with Gasteiger partial charge in [-0.1, -0.05) is 17.7 Å². The minimum absolute atomic E-state index is 0.393. The first-order valence-electron chi connectivity index (χ1n) is 6.58. The van der Waals surface area contributed by atoms with Gasteiger partial charge in [0.05, 0.1) is 6.10 Å². The second-order valence-corrected chi connectivity index (χ2v) is 5.58. The molecule has 2 rings (SSSR count). The van der Waals surface area contributed by atoms with Crippen molar-refractivity contribution in [2.45, 2.75) is 32.3 Å². The lowest BCUT2D eigenvalue weighted by Crippen LogP contribution is -2.30. The summed E-state index contributed by atoms with van der Waals surface area (Å²) >= 11 is 11.3. The van der Waals surface area contributed by atoms with Crippen LogP contribution in [0.1, 0.15) is 24.8 Å². The van der Waals surface area contributed by atoms with Crippen molar-refractivity contribution in [2.24, 2.45) is 0 Å². The summed E-state index contributed by atoms with van der Waals surface area (Å²) in [5.74, 6) is 0. The number of ether oxygens (including phenoxy) is 1. The molecule has 1 saturated heterocycles. The Morgan fingerprint density at radius 2 is 2.37 bits per heavy atom. The van der Waals surface area contributed by atoms with E-state index < -0.39 is 0 Å². The Morgan fingerprint density at radius 3 is 3.05 bits per heavy atom. The molecule has 0 radical (unpaired) electrons. The predicted octanol–water partition coefficient (Wildman–Crippen LogP) is 3.50. The maximum Gasteiger partial charge on any atom is 0.170 e. The Hall–Kier alpha value is -0.840. The summed E-state index contributed by atoms with van der Waals surface area (Å²) in [6.45, 7) is 3.70. The number of nitrogens with one attached hydrogen (secondary N) is 2. The number of halogens is 1. The van der Waals surface area contributed by atoms with Crippen LogP contribution in [0.25, 0.3) is 0 Å². The number of hydrogen-bond donors (Lipinski definition) is 2. The number of anilines is 1. The van der Waals surface area contributed by atoms with Crippen LogP contribution in [0.2, 0.25) is 5.02 Å². The molecular weight excluding hydrogens is 280 g/mol. The van der Waals surface area contributed by atoms with Crippen molar-refractivity contribution in [1.29, 1.82) is 0 Å². The summed E-state index contributed by atoms with van der Waals surface area (Å²) in [4.78, 5) is 0. The van der Waals surface area contributed by atoms with Gasteiger partial charge in [-0.15, -0.1) is 0 Å². The van der Waals surface area contributed by atoms with E-state index in [4.69, 9.17) is 28.6 Å². The van der Waals surface area contributed by atoms with Crippen molar-refractivity contribution in [3.63, 3.8) is 0 Å². The zero-order valence-corrected chi connectivity index (χ0v) is 12.6. The third-order valence-corrected chi connectivity index (χ3v) is 3.86. The third kappa shape index (κ3) is 4.64. The quantitative estimate of drug-likeness (QED) is 0.834. The van der Waals surface area contributed by atoms with E-state index in [2.05, 4.69) is 10.6 Å². The van der Waals surface area contributed by atoms with E-state index in [1.807, 2.05) is 25.1 Å². The van der Waals surface area contributed by atoms with Crippen molar-refractivity contribution in [3.8, 4) is 0 Å². The van der Waals surface area contributed by atoms with Crippen molar-refractivity contribution < 1.29 is 4.74 Å². The van der Waals surface area contributed by atoms with Crippen LogP contribution in [-0.2, 0) is 4.74 Å². The first-order valence-corrected chi connectivity index (χ1v) is 7.36. The molecule has 5 heteroatoms. The maximum absolute atomic E-state index is 6.07. The molecular formula is C14H19ClN2OS. The molecule has 1 aromatic carbocycles. The standard InChI is InChI=1S/C14H19ClN2OS/c1-10-4-5-11(9-13(10)15)17-14(19)16-7-6-12-3-2-8-18-12/h4-5,9,12H,2-3,6-8H2,1H3,(H2,16,17,19). The first kappa shape index (κ1) is 14.6. The molecule has 0 saturated carbocycles. The molecule has 0 bridgehead atoms. The second-order valence-electron chi connectivity index (χ2n) is 4.77. The van der Waals surface area contributed by atoms with Crippen LogP contribution in [0.3, 0.4) is 0 Å². The summed E-state index contributed by atoms with van der Waals surface area (Å²) < 4.78 is 5.56. The van der Waals surface area contributed by atoms with Crippen LogP contribution in [-0.4, -0.2) is 24.4 Å². The zero-order chi connectivity index (χ0) is 13.7. The van der Waals surface area contributed by atoms with E-state index in [0.717, 1.165) is 42.3 Å². The van der Waals surface area contributed by atoms with E-state index in [-0.39, 0.29) is 0 Å². The summed E-state index contributed by atoms with van der Waals surface area (Å²) in [5, 5.41) is 7.69. The van der Waals surface area contributed by atoms with Crippen LogP contribution < -0.4 is 10.6 Å². The first-order chi connectivity index (χ1) is 9.15. The molecule has 0 aliphatic carbocycles. The van der Waals surface area contributed by atoms with Crippen LogP contribution in [0.15, 0.2) is 18.2 Å². The monoisotopic (exact) mass is 298 g/mol. The van der Waals surface area contributed by atoms with Gasteiger partial charge in [0, 0.05) is 23.9 Å². The molecule has 104 valence electrons. The lowest BCUT2D eigenvalue weighted by Gasteiger charge is -2.13. The van der Waals surface area contributed by atoms with Crippen LogP contribution in [0.4, 0.5) is 5.69 Å². The highest BCUT2D eigenvalue weighted by Gasteiger charge is 2.14. The lowest BCUT2D eigenvalue weighted by atomic mass is 10.2. The zero-order valence-electron chi connectivity index (χ0n) is 11.0. The SMILES string of the molecule is Cc1ccc(NC(=S)NCCC2CCCO2)cc1Cl. The maximum atomic E-state index is 6.07. The molecule has 1 unspecified atom stereocenters. The van der Waals surface area contributed by atoms with Gasteiger partial charge in [0.25, 0.3) is 0 Å². The van der Waals surface area contributed by atoms with E-state index in [1.165, 1.54) is 6.42 Å². The molecule has 3 nitrogen and oxygen atoms in total. The van der Waals surface area contributed by atoms with Gasteiger partial charge < -0.3 is 15.4 Å². The molecule has 0 amide bonds. The molecule has 1 atom stereocenters. The number of hydrogen-bond acceptors (Lipinski definition) is 2. The second kappa shape index (κ2) is 7.08. The molecule has 1 heterocycles. The highest BCUT2D eigenvalue weighted by Crippen LogP contribution is 2.19. The molecule has 2 N–H and O–H groups in total. The topological polar surface area (TPSA) is 33.3 Å². The lowest BCUT2D eigenvalue weighted by molar-refractivity contribution is 0.105. The Kier molecular flexibility index (Phi) is 5.43. The smallest absolute Gasteiger partial charge is 0.170 e. The van der Waals surface area contributed by atoms with Gasteiger partial charge in [0.15, 0.2) is 5.11 Å². The number of thiocarbonyl (C=S) groups is 1. The van der Waals surface area contributed by atoms with E-state index in [0.29, 0.717) is 11.2 Å². The summed E-state index contributed by atoms with van der Waals surface area (Å²) in [6, 6.07) is 5.82. The molecule has 1 fully saturated rings. The fourth-order valence-electron chi connectivity index (χ4n) is 2.06. The van der Waals surface area contributed by atoms with Gasteiger partial charge in [-0.05, 0) is 56.1 Å². The molecule has 0 aromatic heterocycles. The van der Waals surface area contributed by atoms with Gasteiger partial charge in [-0.25, -0.2) is 0 Å². The molecule has 1 aliphatic heterocycles. The van der Waals surface area contributed by atoms with Gasteiger partial charge >= 0.3 is 0 Å². The number of benzene rings is 1. The van der Waals surface area contributed by atoms with Crippen LogP contribution in [0, 0.1) is 6.92 Å². The molecule has 19 heavy (non-hydrogen) atoms. The fraction of sp³-hybridized carbons (Fsp3) is 0.500. The Labute approximate surface area is 124 Å². The van der Waals surface area contributed by atoms with E-state index >= 15 is 0 Å². The molecule has 1 aliphatic rings. The van der Waals surface area contributed by atoms with E-state index in [9.17, 15) is 0 Å². The van der Waals surface area contributed by atoms with Gasteiger partial charge in [0.1, 0.15) is 0 Å². The number of aryl methyl sites for hydroxylation is 1. The Bertz CT molecular complexity index is 447. The summed E-state index contributed by atoms with van der Waals surface area (Å²) in [6.07, 6.45) is 3.73. The average molecular weight is 299 g/mol. The van der Waals surface area contributed by atoms with E-state index in [1.54, 1.807) is 0 Å². The Balaban J connectivity index is 1.72. The molecule has 1 aromatic rings. The summed E-state index contributed by atoms with van der Waals surface area (Å²) in [7, 11) is 0. The van der Waals surface area contributed by atoms with Crippen molar-refractivity contribution in [1.82, 2.24) is 5.32 Å². The normalized spacial score (nSPS) is 18.3. The minimum Gasteiger partial charge on any atom is -0.378 e. The van der Waals surface area contributed by atoms with Gasteiger partial charge in [0.2, 0.25) is 0 Å². The van der Waals surface area contributed by atoms with Gasteiger partial charge in [-0.2, -0.15) is 0 Å². The van der Waals surface area contributed by atoms with Crippen LogP contribution in [0.5, 0.6) is 0 Å². The highest BCUT2D eigenvalue weighted by molar-refractivity contribution is 7.80. The minimum atomic E-state index is 0.393. The van der Waals surface area contributed by atoms with Crippen molar-refractivity contribution >= 4 is 34.6 Å². The summed E-state index contributed by atoms with van der Waals surface area (Å²) in [5.41, 5.74) is 1.97. The third-order valence-electron chi connectivity index (χ3n) is 3.21. The Morgan fingerprint density at radius 1 is 1.53 bits per heavy atom. The largest absolute Gasteiger partial charge is 0.378 e. The van der Waals surface area contributed by atoms with Crippen molar-refractivity contribution in [3.05, 3.63) is 28.8 Å². The van der Waals surface area contributed by atoms with Gasteiger partial charge in [-0.3, -0.25) is 0 Å².